The van der Waals surface area contributed by atoms with Crippen LogP contribution in [0.4, 0.5) is 0 Å². The first-order valence-electron chi connectivity index (χ1n) is 5.67. The number of rotatable bonds is 4. The molecule has 94 valence electrons. The Balaban J connectivity index is 2.41. The van der Waals surface area contributed by atoms with Crippen molar-refractivity contribution in [2.24, 2.45) is 0 Å². The summed E-state index contributed by atoms with van der Waals surface area (Å²) in [6.45, 7) is 2.19. The topological polar surface area (TPSA) is 75.2 Å². The summed E-state index contributed by atoms with van der Waals surface area (Å²) in [5.74, 6) is 0.744. The van der Waals surface area contributed by atoms with Crippen LogP contribution in [0.2, 0.25) is 0 Å². The predicted octanol–water partition coefficient (Wildman–Crippen LogP) is 1.33. The highest BCUT2D eigenvalue weighted by molar-refractivity contribution is 5.61. The summed E-state index contributed by atoms with van der Waals surface area (Å²) in [6.07, 6.45) is 0. The predicted molar refractivity (Wildman–Crippen MR) is 67.4 cm³/mol. The molecule has 0 bridgehead atoms. The van der Waals surface area contributed by atoms with Crippen LogP contribution < -0.4 is 10.3 Å². The monoisotopic (exact) mass is 246 g/mol. The van der Waals surface area contributed by atoms with Crippen LogP contribution in [0.5, 0.6) is 5.75 Å². The summed E-state index contributed by atoms with van der Waals surface area (Å²) in [6, 6.07) is 8.98. The van der Waals surface area contributed by atoms with Gasteiger partial charge in [-0.25, -0.2) is 5.10 Å². The van der Waals surface area contributed by atoms with Gasteiger partial charge in [-0.05, 0) is 25.1 Å². The van der Waals surface area contributed by atoms with E-state index in [9.17, 15) is 4.79 Å². The molecule has 0 aliphatic carbocycles. The molecule has 1 heterocycles. The Bertz CT molecular complexity index is 593. The molecule has 0 atom stereocenters. The molecule has 0 saturated heterocycles. The average Bonchev–Trinajstić information content (AvgIpc) is 2.40. The zero-order valence-electron chi connectivity index (χ0n) is 10.0. The van der Waals surface area contributed by atoms with Gasteiger partial charge in [0.15, 0.2) is 0 Å². The lowest BCUT2D eigenvalue weighted by molar-refractivity contribution is 0.280. The van der Waals surface area contributed by atoms with E-state index < -0.39 is 0 Å². The van der Waals surface area contributed by atoms with Gasteiger partial charge in [-0.2, -0.15) is 5.10 Å². The number of benzene rings is 1. The highest BCUT2D eigenvalue weighted by Crippen LogP contribution is 2.21. The maximum Gasteiger partial charge on any atom is 0.269 e. The fourth-order valence-electron chi connectivity index (χ4n) is 1.62. The fraction of sp³-hybridized carbons (Fsp3) is 0.231. The van der Waals surface area contributed by atoms with Gasteiger partial charge in [-0.1, -0.05) is 12.1 Å². The van der Waals surface area contributed by atoms with Crippen LogP contribution in [0, 0.1) is 0 Å². The number of aliphatic hydroxyl groups is 1. The minimum absolute atomic E-state index is 0.293. The van der Waals surface area contributed by atoms with Gasteiger partial charge in [-0.3, -0.25) is 4.79 Å². The number of ether oxygens (including phenoxy) is 1. The zero-order chi connectivity index (χ0) is 13.0. The summed E-state index contributed by atoms with van der Waals surface area (Å²) < 4.78 is 5.40. The Labute approximate surface area is 104 Å². The van der Waals surface area contributed by atoms with E-state index in [-0.39, 0.29) is 12.2 Å². The number of aliphatic hydroxyl groups excluding tert-OH is 1. The van der Waals surface area contributed by atoms with Crippen molar-refractivity contribution in [1.29, 1.82) is 0 Å². The van der Waals surface area contributed by atoms with Crippen LogP contribution in [-0.4, -0.2) is 21.9 Å². The molecule has 0 saturated carbocycles. The largest absolute Gasteiger partial charge is 0.494 e. The van der Waals surface area contributed by atoms with E-state index in [0.29, 0.717) is 17.9 Å². The molecule has 0 fully saturated rings. The maximum atomic E-state index is 11.3. The highest BCUT2D eigenvalue weighted by atomic mass is 16.5. The first kappa shape index (κ1) is 12.3. The minimum Gasteiger partial charge on any atom is -0.494 e. The van der Waals surface area contributed by atoms with Gasteiger partial charge in [0.2, 0.25) is 0 Å². The molecule has 0 unspecified atom stereocenters. The van der Waals surface area contributed by atoms with E-state index in [1.807, 2.05) is 31.2 Å². The fourth-order valence-corrected chi connectivity index (χ4v) is 1.62. The number of hydrogen-bond acceptors (Lipinski definition) is 4. The molecule has 1 aromatic heterocycles. The van der Waals surface area contributed by atoms with Crippen LogP contribution in [0.1, 0.15) is 12.5 Å². The normalized spacial score (nSPS) is 10.3. The molecular formula is C13H14N2O3. The van der Waals surface area contributed by atoms with Crippen molar-refractivity contribution in [3.05, 3.63) is 46.2 Å². The molecule has 0 radical (unpaired) electrons. The van der Waals surface area contributed by atoms with Crippen molar-refractivity contribution in [2.45, 2.75) is 13.5 Å². The molecule has 0 aliphatic heterocycles. The van der Waals surface area contributed by atoms with Gasteiger partial charge in [0.1, 0.15) is 5.75 Å². The van der Waals surface area contributed by atoms with Crippen LogP contribution in [0.25, 0.3) is 11.3 Å². The van der Waals surface area contributed by atoms with E-state index >= 15 is 0 Å². The third-order valence-electron chi connectivity index (χ3n) is 2.49. The van der Waals surface area contributed by atoms with Crippen molar-refractivity contribution in [2.75, 3.05) is 6.61 Å². The standard InChI is InChI=1S/C13H14N2O3/c1-2-18-11-5-3-4-9(6-11)12-7-10(8-16)13(17)15-14-12/h3-7,16H,2,8H2,1H3,(H,15,17). The zero-order valence-corrected chi connectivity index (χ0v) is 10.0. The van der Waals surface area contributed by atoms with Gasteiger partial charge < -0.3 is 9.84 Å². The number of nitrogens with zero attached hydrogens (tertiary/aromatic N) is 1. The minimum atomic E-state index is -0.373. The maximum absolute atomic E-state index is 11.3. The number of nitrogens with one attached hydrogen (secondary N) is 1. The second-order valence-corrected chi connectivity index (χ2v) is 3.73. The molecule has 1 aromatic carbocycles. The number of aromatic amines is 1. The van der Waals surface area contributed by atoms with Crippen molar-refractivity contribution in [3.63, 3.8) is 0 Å². The van der Waals surface area contributed by atoms with Crippen molar-refractivity contribution >= 4 is 0 Å². The van der Waals surface area contributed by atoms with Crippen LogP contribution >= 0.6 is 0 Å². The smallest absolute Gasteiger partial charge is 0.269 e. The summed E-state index contributed by atoms with van der Waals surface area (Å²) in [5.41, 5.74) is 1.34. The van der Waals surface area contributed by atoms with E-state index in [0.717, 1.165) is 11.3 Å². The average molecular weight is 246 g/mol. The van der Waals surface area contributed by atoms with Crippen molar-refractivity contribution in [3.8, 4) is 17.0 Å². The summed E-state index contributed by atoms with van der Waals surface area (Å²) in [4.78, 5) is 11.3. The molecule has 2 N–H and O–H groups in total. The van der Waals surface area contributed by atoms with Crippen LogP contribution in [0.15, 0.2) is 35.1 Å². The Morgan fingerprint density at radius 3 is 2.94 bits per heavy atom. The quantitative estimate of drug-likeness (QED) is 0.853. The second kappa shape index (κ2) is 5.46. The van der Waals surface area contributed by atoms with E-state index in [4.69, 9.17) is 9.84 Å². The van der Waals surface area contributed by atoms with E-state index in [1.165, 1.54) is 0 Å². The molecule has 2 rings (SSSR count). The third kappa shape index (κ3) is 2.57. The van der Waals surface area contributed by atoms with Crippen LogP contribution in [0.3, 0.4) is 0 Å². The summed E-state index contributed by atoms with van der Waals surface area (Å²) in [5, 5.41) is 15.4. The van der Waals surface area contributed by atoms with E-state index in [1.54, 1.807) is 6.07 Å². The highest BCUT2D eigenvalue weighted by Gasteiger charge is 2.05. The number of hydrogen-bond donors (Lipinski definition) is 2. The molecule has 18 heavy (non-hydrogen) atoms. The molecule has 0 amide bonds. The van der Waals surface area contributed by atoms with Crippen molar-refractivity contribution in [1.82, 2.24) is 10.2 Å². The molecule has 0 spiro atoms. The van der Waals surface area contributed by atoms with Crippen LogP contribution in [-0.2, 0) is 6.61 Å². The Hall–Kier alpha value is -2.14. The summed E-state index contributed by atoms with van der Waals surface area (Å²) in [7, 11) is 0. The first-order valence-corrected chi connectivity index (χ1v) is 5.67. The number of aromatic nitrogens is 2. The lowest BCUT2D eigenvalue weighted by Gasteiger charge is -2.06. The second-order valence-electron chi connectivity index (χ2n) is 3.73. The molecule has 2 aromatic rings. The molecule has 0 aliphatic rings. The van der Waals surface area contributed by atoms with Gasteiger partial charge in [0.05, 0.1) is 18.9 Å². The third-order valence-corrected chi connectivity index (χ3v) is 2.49. The molecule has 5 nitrogen and oxygen atoms in total. The first-order chi connectivity index (χ1) is 8.74. The Kier molecular flexibility index (Phi) is 3.74. The molecular weight excluding hydrogens is 232 g/mol. The Morgan fingerprint density at radius 1 is 1.39 bits per heavy atom. The molecule has 5 heteroatoms. The van der Waals surface area contributed by atoms with Crippen molar-refractivity contribution < 1.29 is 9.84 Å². The van der Waals surface area contributed by atoms with E-state index in [2.05, 4.69) is 10.2 Å². The van der Waals surface area contributed by atoms with Gasteiger partial charge >= 0.3 is 0 Å². The van der Waals surface area contributed by atoms with Gasteiger partial charge in [0, 0.05) is 11.1 Å². The summed E-state index contributed by atoms with van der Waals surface area (Å²) >= 11 is 0. The van der Waals surface area contributed by atoms with Gasteiger partial charge in [0.25, 0.3) is 5.56 Å². The number of H-pyrrole nitrogens is 1. The lowest BCUT2D eigenvalue weighted by atomic mass is 10.1. The SMILES string of the molecule is CCOc1cccc(-c2cc(CO)c(=O)[nH]n2)c1. The lowest BCUT2D eigenvalue weighted by Crippen LogP contribution is -2.14. The Morgan fingerprint density at radius 2 is 2.22 bits per heavy atom. The van der Waals surface area contributed by atoms with Gasteiger partial charge in [-0.15, -0.1) is 0 Å².